The fraction of sp³-hybridized carbons (Fsp3) is 0.581. The van der Waals surface area contributed by atoms with E-state index in [9.17, 15) is 19.5 Å². The normalized spacial score (nSPS) is 26.4. The Morgan fingerprint density at radius 3 is 2.55 bits per heavy atom. The molecule has 0 spiro atoms. The van der Waals surface area contributed by atoms with E-state index in [0.717, 1.165) is 12.8 Å². The van der Waals surface area contributed by atoms with E-state index in [1.165, 1.54) is 31.1 Å². The first kappa shape index (κ1) is 31.4. The molecule has 1 fully saturated rings. The first-order valence-corrected chi connectivity index (χ1v) is 13.7. The van der Waals surface area contributed by atoms with Gasteiger partial charge in [0.05, 0.1) is 6.04 Å². The van der Waals surface area contributed by atoms with Gasteiger partial charge in [-0.25, -0.2) is 0 Å². The van der Waals surface area contributed by atoms with E-state index in [1.807, 2.05) is 12.2 Å². The lowest BCUT2D eigenvalue weighted by atomic mass is 9.82. The molecule has 0 aromatic heterocycles. The van der Waals surface area contributed by atoms with Crippen LogP contribution in [-0.2, 0) is 23.9 Å². The standard InChI is InChI=1S/C31H45NO6/c1-7-21(2)16-23(4)18-24(5)17-22(3)12-10-8-9-11-13-29(35)32-26(20-37-25(6)33)19-31(36)28(34)15-14-27-30(31)38-27/h8-16,21-22,24,26-27,30,36H,7,17-20H2,1-6H3,(H,32,35)/b9-8+,12-10+,13-11+,23-16+/t21-,22+,24+,26+,27+,30+,31-/m1/s1. The topological polar surface area (TPSA) is 105 Å². The van der Waals surface area contributed by atoms with Crippen LogP contribution in [0.1, 0.15) is 67.2 Å². The molecular formula is C31H45NO6. The van der Waals surface area contributed by atoms with E-state index < -0.39 is 35.4 Å². The van der Waals surface area contributed by atoms with Gasteiger partial charge < -0.3 is 19.9 Å². The number of carbonyl (C=O) groups excluding carboxylic acids is 3. The Kier molecular flexibility index (Phi) is 12.4. The van der Waals surface area contributed by atoms with E-state index in [2.05, 4.69) is 52.1 Å². The van der Waals surface area contributed by atoms with Gasteiger partial charge in [-0.2, -0.15) is 0 Å². The van der Waals surface area contributed by atoms with Crippen molar-refractivity contribution >= 4 is 17.7 Å². The Morgan fingerprint density at radius 2 is 1.87 bits per heavy atom. The highest BCUT2D eigenvalue weighted by Gasteiger charge is 2.59. The van der Waals surface area contributed by atoms with Gasteiger partial charge in [0.1, 0.15) is 18.8 Å². The van der Waals surface area contributed by atoms with Crippen molar-refractivity contribution in [3.05, 3.63) is 60.3 Å². The number of allylic oxidation sites excluding steroid dienone is 7. The van der Waals surface area contributed by atoms with Crippen molar-refractivity contribution in [1.82, 2.24) is 5.32 Å². The average molecular weight is 528 g/mol. The lowest BCUT2D eigenvalue weighted by Gasteiger charge is -2.30. The number of aliphatic hydroxyl groups is 1. The highest BCUT2D eigenvalue weighted by Crippen LogP contribution is 2.40. The van der Waals surface area contributed by atoms with E-state index in [4.69, 9.17) is 9.47 Å². The first-order valence-electron chi connectivity index (χ1n) is 13.7. The first-order chi connectivity index (χ1) is 17.9. The summed E-state index contributed by atoms with van der Waals surface area (Å²) in [5, 5.41) is 13.6. The van der Waals surface area contributed by atoms with Crippen molar-refractivity contribution in [2.75, 3.05) is 6.61 Å². The van der Waals surface area contributed by atoms with Crippen LogP contribution in [0.4, 0.5) is 0 Å². The number of amides is 1. The van der Waals surface area contributed by atoms with Crippen molar-refractivity contribution in [3.63, 3.8) is 0 Å². The van der Waals surface area contributed by atoms with Gasteiger partial charge in [0.25, 0.3) is 0 Å². The quantitative estimate of drug-likeness (QED) is 0.104. The summed E-state index contributed by atoms with van der Waals surface area (Å²) in [6.45, 7) is 12.3. The minimum Gasteiger partial charge on any atom is -0.464 e. The number of carbonyl (C=O) groups is 3. The number of hydrogen-bond donors (Lipinski definition) is 2. The van der Waals surface area contributed by atoms with Crippen molar-refractivity contribution in [1.29, 1.82) is 0 Å². The molecule has 7 atom stereocenters. The second-order valence-electron chi connectivity index (χ2n) is 10.9. The van der Waals surface area contributed by atoms with Crippen LogP contribution < -0.4 is 5.32 Å². The lowest BCUT2D eigenvalue weighted by molar-refractivity contribution is -0.144. The number of fused-ring (bicyclic) bond motifs is 1. The molecule has 210 valence electrons. The number of ketones is 1. The summed E-state index contributed by atoms with van der Waals surface area (Å²) in [5.41, 5.74) is -0.300. The van der Waals surface area contributed by atoms with Crippen molar-refractivity contribution in [2.24, 2.45) is 17.8 Å². The van der Waals surface area contributed by atoms with Crippen LogP contribution in [0, 0.1) is 17.8 Å². The summed E-state index contributed by atoms with van der Waals surface area (Å²) < 4.78 is 10.4. The van der Waals surface area contributed by atoms with Gasteiger partial charge in [0.2, 0.25) is 5.91 Å². The number of nitrogens with one attached hydrogen (secondary N) is 1. The maximum atomic E-state index is 12.4. The summed E-state index contributed by atoms with van der Waals surface area (Å²) in [5.74, 6) is 0.262. The van der Waals surface area contributed by atoms with Gasteiger partial charge in [-0.15, -0.1) is 0 Å². The molecule has 0 radical (unpaired) electrons. The van der Waals surface area contributed by atoms with E-state index in [1.54, 1.807) is 18.2 Å². The molecule has 1 amide bonds. The molecule has 0 unspecified atom stereocenters. The number of hydrogen-bond acceptors (Lipinski definition) is 6. The number of epoxide rings is 1. The Labute approximate surface area is 227 Å². The van der Waals surface area contributed by atoms with Gasteiger partial charge in [-0.05, 0) is 49.7 Å². The van der Waals surface area contributed by atoms with E-state index in [-0.39, 0.29) is 19.1 Å². The predicted octanol–water partition coefficient (Wildman–Crippen LogP) is 4.78. The molecule has 1 aliphatic heterocycles. The fourth-order valence-electron chi connectivity index (χ4n) is 4.88. The van der Waals surface area contributed by atoms with Crippen LogP contribution in [0.25, 0.3) is 0 Å². The van der Waals surface area contributed by atoms with Crippen molar-refractivity contribution < 1.29 is 29.0 Å². The molecule has 2 rings (SSSR count). The van der Waals surface area contributed by atoms with Gasteiger partial charge in [-0.1, -0.05) is 76.1 Å². The predicted molar refractivity (Wildman–Crippen MR) is 149 cm³/mol. The third kappa shape index (κ3) is 10.5. The fourth-order valence-corrected chi connectivity index (χ4v) is 4.88. The Bertz CT molecular complexity index is 977. The van der Waals surface area contributed by atoms with Crippen LogP contribution >= 0.6 is 0 Å². The SMILES string of the molecule is CC[C@@H](C)/C=C(\C)C[C@@H](C)C[C@@H](C)/C=C/C=C/C=C/C(=O)N[C@H](COC(C)=O)C[C@@]1(O)C(=O)C=C[C@@H]2O[C@@H]21. The van der Waals surface area contributed by atoms with Gasteiger partial charge >= 0.3 is 5.97 Å². The molecule has 7 nitrogen and oxygen atoms in total. The molecule has 38 heavy (non-hydrogen) atoms. The molecule has 2 N–H and O–H groups in total. The summed E-state index contributed by atoms with van der Waals surface area (Å²) in [6.07, 6.45) is 18.4. The lowest BCUT2D eigenvalue weighted by Crippen LogP contribution is -2.52. The summed E-state index contributed by atoms with van der Waals surface area (Å²) >= 11 is 0. The minimum atomic E-state index is -1.76. The number of esters is 1. The summed E-state index contributed by atoms with van der Waals surface area (Å²) in [7, 11) is 0. The molecule has 0 saturated carbocycles. The third-order valence-corrected chi connectivity index (χ3v) is 6.93. The van der Waals surface area contributed by atoms with Crippen molar-refractivity contribution in [2.45, 2.75) is 91.1 Å². The number of rotatable bonds is 15. The monoisotopic (exact) mass is 527 g/mol. The number of ether oxygens (including phenoxy) is 2. The zero-order valence-corrected chi connectivity index (χ0v) is 23.7. The molecule has 1 aliphatic carbocycles. The summed E-state index contributed by atoms with van der Waals surface area (Å²) in [4.78, 5) is 36.1. The average Bonchev–Trinajstić information content (AvgIpc) is 3.63. The molecule has 7 heteroatoms. The maximum absolute atomic E-state index is 12.4. The van der Waals surface area contributed by atoms with Crippen LogP contribution in [-0.4, -0.2) is 53.2 Å². The molecular weight excluding hydrogens is 482 g/mol. The van der Waals surface area contributed by atoms with Gasteiger partial charge in [-0.3, -0.25) is 14.4 Å². The smallest absolute Gasteiger partial charge is 0.302 e. The molecule has 1 saturated heterocycles. The Balaban J connectivity index is 1.82. The molecule has 2 aliphatic rings. The van der Waals surface area contributed by atoms with Crippen LogP contribution in [0.5, 0.6) is 0 Å². The largest absolute Gasteiger partial charge is 0.464 e. The zero-order valence-electron chi connectivity index (χ0n) is 23.7. The molecule has 0 bridgehead atoms. The van der Waals surface area contributed by atoms with Gasteiger partial charge in [0.15, 0.2) is 11.4 Å². The van der Waals surface area contributed by atoms with E-state index in [0.29, 0.717) is 17.8 Å². The molecule has 0 aromatic rings. The highest BCUT2D eigenvalue weighted by atomic mass is 16.6. The van der Waals surface area contributed by atoms with Crippen LogP contribution in [0.2, 0.25) is 0 Å². The van der Waals surface area contributed by atoms with Gasteiger partial charge in [0, 0.05) is 19.4 Å². The Hall–Kier alpha value is -2.77. The van der Waals surface area contributed by atoms with Crippen molar-refractivity contribution in [3.8, 4) is 0 Å². The second-order valence-corrected chi connectivity index (χ2v) is 10.9. The Morgan fingerprint density at radius 1 is 1.16 bits per heavy atom. The van der Waals surface area contributed by atoms with Crippen LogP contribution in [0.3, 0.4) is 0 Å². The minimum absolute atomic E-state index is 0.119. The second kappa shape index (κ2) is 15.0. The maximum Gasteiger partial charge on any atom is 0.302 e. The zero-order chi connectivity index (χ0) is 28.3. The third-order valence-electron chi connectivity index (χ3n) is 6.93. The molecule has 0 aromatic carbocycles. The molecule has 1 heterocycles. The summed E-state index contributed by atoms with van der Waals surface area (Å²) in [6, 6.07) is -0.753. The van der Waals surface area contributed by atoms with Crippen LogP contribution in [0.15, 0.2) is 60.3 Å². The highest BCUT2D eigenvalue weighted by molar-refractivity contribution is 5.99. The van der Waals surface area contributed by atoms with E-state index >= 15 is 0 Å².